The number of nitrogens with one attached hydrogen (secondary N) is 1. The molecule has 0 aromatic heterocycles. The number of hydrogen-bond acceptors (Lipinski definition) is 2. The zero-order valence-electron chi connectivity index (χ0n) is 14.0. The number of ether oxygens (including phenoxy) is 1. The van der Waals surface area contributed by atoms with Gasteiger partial charge in [0.25, 0.3) is 0 Å². The molecule has 0 atom stereocenters. The van der Waals surface area contributed by atoms with Gasteiger partial charge in [-0.05, 0) is 27.8 Å². The average Bonchev–Trinajstić information content (AvgIpc) is 2.91. The molecule has 3 nitrogen and oxygen atoms in total. The minimum Gasteiger partial charge on any atom is -0.449 e. The van der Waals surface area contributed by atoms with Gasteiger partial charge in [0.05, 0.1) is 6.42 Å². The predicted octanol–water partition coefficient (Wildman–Crippen LogP) is 5.03. The first-order valence-corrected chi connectivity index (χ1v) is 8.17. The Morgan fingerprint density at radius 3 is 2.12 bits per heavy atom. The standard InChI is InChI=1S/C20H18F3NO2/c1-13(10-20(21,22)23)11-24-19(25)26-12-18-16-8-4-2-6-14(16)15-7-3-5-9-17(15)18/h2-9,18H,1,10-12H2,(H,24,25). The largest absolute Gasteiger partial charge is 0.449 e. The van der Waals surface area contributed by atoms with Crippen LogP contribution in [0.25, 0.3) is 11.1 Å². The molecule has 0 saturated heterocycles. The van der Waals surface area contributed by atoms with Gasteiger partial charge < -0.3 is 10.1 Å². The summed E-state index contributed by atoms with van der Waals surface area (Å²) in [5, 5.41) is 2.32. The van der Waals surface area contributed by atoms with E-state index in [1.54, 1.807) is 0 Å². The summed E-state index contributed by atoms with van der Waals surface area (Å²) >= 11 is 0. The normalized spacial score (nSPS) is 13.0. The Kier molecular flexibility index (Phi) is 5.02. The number of alkyl carbamates (subject to hydrolysis) is 1. The highest BCUT2D eigenvalue weighted by Crippen LogP contribution is 2.44. The highest BCUT2D eigenvalue weighted by molar-refractivity contribution is 5.79. The minimum absolute atomic E-state index is 0.0912. The molecule has 1 amide bonds. The van der Waals surface area contributed by atoms with Gasteiger partial charge in [-0.25, -0.2) is 4.79 Å². The van der Waals surface area contributed by atoms with Gasteiger partial charge in [-0.3, -0.25) is 0 Å². The van der Waals surface area contributed by atoms with Crippen LogP contribution in [-0.2, 0) is 4.74 Å². The fourth-order valence-electron chi connectivity index (χ4n) is 3.19. The predicted molar refractivity (Wildman–Crippen MR) is 92.9 cm³/mol. The summed E-state index contributed by atoms with van der Waals surface area (Å²) in [5.41, 5.74) is 4.24. The average molecular weight is 361 g/mol. The van der Waals surface area contributed by atoms with Crippen LogP contribution in [0.3, 0.4) is 0 Å². The van der Waals surface area contributed by atoms with E-state index in [0.717, 1.165) is 22.3 Å². The molecular formula is C20H18F3NO2. The molecule has 0 aliphatic heterocycles. The van der Waals surface area contributed by atoms with Crippen LogP contribution >= 0.6 is 0 Å². The lowest BCUT2D eigenvalue weighted by Crippen LogP contribution is -2.28. The van der Waals surface area contributed by atoms with Crippen molar-refractivity contribution >= 4 is 6.09 Å². The molecule has 0 radical (unpaired) electrons. The van der Waals surface area contributed by atoms with Crippen LogP contribution in [0.5, 0.6) is 0 Å². The fourth-order valence-corrected chi connectivity index (χ4v) is 3.19. The smallest absolute Gasteiger partial charge is 0.407 e. The van der Waals surface area contributed by atoms with E-state index in [2.05, 4.69) is 11.9 Å². The third-order valence-corrected chi connectivity index (χ3v) is 4.28. The number of amides is 1. The number of rotatable bonds is 5. The third kappa shape index (κ3) is 4.07. The summed E-state index contributed by atoms with van der Waals surface area (Å²) in [7, 11) is 0. The molecule has 0 bridgehead atoms. The SMILES string of the molecule is C=C(CNC(=O)OCC1c2ccccc2-c2ccccc21)CC(F)(F)F. The van der Waals surface area contributed by atoms with Gasteiger partial charge in [-0.1, -0.05) is 55.1 Å². The van der Waals surface area contributed by atoms with Crippen molar-refractivity contribution in [2.24, 2.45) is 0 Å². The summed E-state index contributed by atoms with van der Waals surface area (Å²) in [5.74, 6) is -0.0912. The van der Waals surface area contributed by atoms with Crippen molar-refractivity contribution in [3.8, 4) is 11.1 Å². The summed E-state index contributed by atoms with van der Waals surface area (Å²) < 4.78 is 42.0. The number of carbonyl (C=O) groups is 1. The first-order chi connectivity index (χ1) is 12.3. The molecule has 2 aromatic carbocycles. The molecule has 6 heteroatoms. The number of alkyl halides is 3. The Labute approximate surface area is 149 Å². The fraction of sp³-hybridized carbons (Fsp3) is 0.250. The molecule has 1 aliphatic rings. The lowest BCUT2D eigenvalue weighted by Gasteiger charge is -2.15. The highest BCUT2D eigenvalue weighted by atomic mass is 19.4. The molecule has 0 unspecified atom stereocenters. The maximum Gasteiger partial charge on any atom is 0.407 e. The first-order valence-electron chi connectivity index (χ1n) is 8.17. The quantitative estimate of drug-likeness (QED) is 0.758. The monoisotopic (exact) mass is 361 g/mol. The number of hydrogen-bond donors (Lipinski definition) is 1. The molecule has 26 heavy (non-hydrogen) atoms. The van der Waals surface area contributed by atoms with Crippen molar-refractivity contribution in [2.45, 2.75) is 18.5 Å². The van der Waals surface area contributed by atoms with Crippen LogP contribution in [-0.4, -0.2) is 25.4 Å². The molecule has 0 heterocycles. The molecule has 3 rings (SSSR count). The second-order valence-corrected chi connectivity index (χ2v) is 6.22. The van der Waals surface area contributed by atoms with Crippen LogP contribution in [0.15, 0.2) is 60.7 Å². The summed E-state index contributed by atoms with van der Waals surface area (Å²) in [6.07, 6.45) is -6.22. The first kappa shape index (κ1) is 18.0. The summed E-state index contributed by atoms with van der Waals surface area (Å²) in [6, 6.07) is 15.8. The Bertz CT molecular complexity index is 784. The highest BCUT2D eigenvalue weighted by Gasteiger charge is 2.30. The molecule has 0 spiro atoms. The lowest BCUT2D eigenvalue weighted by atomic mass is 9.98. The van der Waals surface area contributed by atoms with Crippen molar-refractivity contribution in [3.63, 3.8) is 0 Å². The molecule has 0 fully saturated rings. The Hall–Kier alpha value is -2.76. The van der Waals surface area contributed by atoms with E-state index in [4.69, 9.17) is 4.74 Å². The van der Waals surface area contributed by atoms with E-state index in [-0.39, 0.29) is 24.6 Å². The van der Waals surface area contributed by atoms with Gasteiger partial charge in [-0.15, -0.1) is 0 Å². The van der Waals surface area contributed by atoms with Crippen LogP contribution < -0.4 is 5.32 Å². The number of halogens is 3. The molecular weight excluding hydrogens is 343 g/mol. The Morgan fingerprint density at radius 2 is 1.58 bits per heavy atom. The van der Waals surface area contributed by atoms with E-state index in [9.17, 15) is 18.0 Å². The van der Waals surface area contributed by atoms with Gasteiger partial charge in [0, 0.05) is 12.5 Å². The third-order valence-electron chi connectivity index (χ3n) is 4.28. The van der Waals surface area contributed by atoms with Crippen molar-refractivity contribution in [1.29, 1.82) is 0 Å². The maximum absolute atomic E-state index is 12.3. The van der Waals surface area contributed by atoms with Crippen LogP contribution in [0.2, 0.25) is 0 Å². The van der Waals surface area contributed by atoms with Gasteiger partial charge >= 0.3 is 12.3 Å². The molecule has 0 saturated carbocycles. The molecule has 1 N–H and O–H groups in total. The van der Waals surface area contributed by atoms with Gasteiger partial charge in [0.1, 0.15) is 6.61 Å². The van der Waals surface area contributed by atoms with Crippen molar-refractivity contribution in [1.82, 2.24) is 5.32 Å². The van der Waals surface area contributed by atoms with E-state index >= 15 is 0 Å². The van der Waals surface area contributed by atoms with E-state index in [1.807, 2.05) is 48.5 Å². The molecule has 1 aliphatic carbocycles. The summed E-state index contributed by atoms with van der Waals surface area (Å²) in [6.45, 7) is 3.17. The summed E-state index contributed by atoms with van der Waals surface area (Å²) in [4.78, 5) is 11.8. The second-order valence-electron chi connectivity index (χ2n) is 6.22. The topological polar surface area (TPSA) is 38.3 Å². The van der Waals surface area contributed by atoms with E-state index in [1.165, 1.54) is 0 Å². The number of carbonyl (C=O) groups excluding carboxylic acids is 1. The zero-order valence-corrected chi connectivity index (χ0v) is 14.0. The second kappa shape index (κ2) is 7.23. The maximum atomic E-state index is 12.3. The van der Waals surface area contributed by atoms with E-state index in [0.29, 0.717) is 0 Å². The van der Waals surface area contributed by atoms with E-state index < -0.39 is 18.7 Å². The number of benzene rings is 2. The number of fused-ring (bicyclic) bond motifs is 3. The zero-order chi connectivity index (χ0) is 18.7. The van der Waals surface area contributed by atoms with Crippen molar-refractivity contribution < 1.29 is 22.7 Å². The van der Waals surface area contributed by atoms with Gasteiger partial charge in [0.15, 0.2) is 0 Å². The Balaban J connectivity index is 1.60. The van der Waals surface area contributed by atoms with Crippen LogP contribution in [0, 0.1) is 0 Å². The molecule has 136 valence electrons. The van der Waals surface area contributed by atoms with Gasteiger partial charge in [0.2, 0.25) is 0 Å². The minimum atomic E-state index is -4.33. The lowest BCUT2D eigenvalue weighted by molar-refractivity contribution is -0.127. The molecule has 2 aromatic rings. The van der Waals surface area contributed by atoms with Crippen molar-refractivity contribution in [3.05, 3.63) is 71.8 Å². The Morgan fingerprint density at radius 1 is 1.04 bits per heavy atom. The van der Waals surface area contributed by atoms with Crippen molar-refractivity contribution in [2.75, 3.05) is 13.2 Å². The van der Waals surface area contributed by atoms with Gasteiger partial charge in [-0.2, -0.15) is 13.2 Å². The van der Waals surface area contributed by atoms with Crippen LogP contribution in [0.4, 0.5) is 18.0 Å². The van der Waals surface area contributed by atoms with Crippen LogP contribution in [0.1, 0.15) is 23.5 Å².